The topological polar surface area (TPSA) is 41.6 Å². The first-order valence-corrected chi connectivity index (χ1v) is 8.74. The number of carbonyl (C=O) groups is 1. The third-order valence-corrected chi connectivity index (χ3v) is 5.58. The Kier molecular flexibility index (Phi) is 4.90. The first-order chi connectivity index (χ1) is 11.1. The van der Waals surface area contributed by atoms with Gasteiger partial charge in [0, 0.05) is 26.7 Å². The van der Waals surface area contributed by atoms with Gasteiger partial charge in [0.15, 0.2) is 6.61 Å². The Morgan fingerprint density at radius 1 is 1.30 bits per heavy atom. The number of carbonyl (C=O) groups excluding carboxylic acids is 1. The van der Waals surface area contributed by atoms with E-state index < -0.39 is 0 Å². The monoisotopic (exact) mass is 316 g/mol. The van der Waals surface area contributed by atoms with Crippen LogP contribution in [0.15, 0.2) is 24.3 Å². The Morgan fingerprint density at radius 2 is 2.09 bits per heavy atom. The van der Waals surface area contributed by atoms with Crippen molar-refractivity contribution in [2.75, 3.05) is 20.7 Å². The van der Waals surface area contributed by atoms with E-state index in [2.05, 4.69) is 11.4 Å². The molecule has 1 atom stereocenters. The fourth-order valence-electron chi connectivity index (χ4n) is 3.95. The van der Waals surface area contributed by atoms with Crippen molar-refractivity contribution in [2.24, 2.45) is 5.41 Å². The summed E-state index contributed by atoms with van der Waals surface area (Å²) in [4.78, 5) is 13.1. The van der Waals surface area contributed by atoms with Crippen molar-refractivity contribution >= 4 is 5.91 Å². The number of hydrogen-bond acceptors (Lipinski definition) is 3. The fraction of sp³-hybridized carbons (Fsp3) is 0.632. The standard InChI is InChI=1S/C19H28N2O2/c1-21(2)18(22)14-23-16-7-5-6-15(12-16)13-20-17-8-11-19(17)9-3-4-10-19/h5-7,12,17,20H,3-4,8-11,13-14H2,1-2H3/t17-/m1/s1. The molecule has 0 bridgehead atoms. The molecule has 1 amide bonds. The predicted molar refractivity (Wildman–Crippen MR) is 91.4 cm³/mol. The van der Waals surface area contributed by atoms with Crippen LogP contribution in [0.4, 0.5) is 0 Å². The third kappa shape index (κ3) is 3.69. The van der Waals surface area contributed by atoms with Crippen molar-refractivity contribution in [3.63, 3.8) is 0 Å². The summed E-state index contributed by atoms with van der Waals surface area (Å²) >= 11 is 0. The molecule has 23 heavy (non-hydrogen) atoms. The molecule has 0 aliphatic heterocycles. The predicted octanol–water partition coefficient (Wildman–Crippen LogP) is 2.97. The molecule has 2 saturated carbocycles. The zero-order chi connectivity index (χ0) is 16.3. The maximum Gasteiger partial charge on any atom is 0.259 e. The summed E-state index contributed by atoms with van der Waals surface area (Å²) in [6, 6.07) is 8.75. The minimum absolute atomic E-state index is 0.0221. The minimum atomic E-state index is -0.0221. The number of ether oxygens (including phenoxy) is 1. The molecule has 2 aliphatic carbocycles. The Morgan fingerprint density at radius 3 is 2.74 bits per heavy atom. The van der Waals surface area contributed by atoms with Gasteiger partial charge >= 0.3 is 0 Å². The van der Waals surface area contributed by atoms with E-state index in [9.17, 15) is 4.79 Å². The number of nitrogens with one attached hydrogen (secondary N) is 1. The molecule has 4 heteroatoms. The van der Waals surface area contributed by atoms with Gasteiger partial charge in [0.2, 0.25) is 0 Å². The van der Waals surface area contributed by atoms with Crippen LogP contribution in [0, 0.1) is 5.41 Å². The smallest absolute Gasteiger partial charge is 0.259 e. The molecule has 2 aliphatic rings. The molecule has 4 nitrogen and oxygen atoms in total. The normalized spacial score (nSPS) is 21.9. The van der Waals surface area contributed by atoms with E-state index in [0.29, 0.717) is 11.5 Å². The summed E-state index contributed by atoms with van der Waals surface area (Å²) in [7, 11) is 3.48. The van der Waals surface area contributed by atoms with Crippen molar-refractivity contribution in [3.8, 4) is 5.75 Å². The highest BCUT2D eigenvalue weighted by atomic mass is 16.5. The molecule has 1 N–H and O–H groups in total. The number of rotatable bonds is 6. The Bertz CT molecular complexity index is 550. The van der Waals surface area contributed by atoms with Gasteiger partial charge in [0.25, 0.3) is 5.91 Å². The van der Waals surface area contributed by atoms with E-state index in [0.717, 1.165) is 12.3 Å². The zero-order valence-electron chi connectivity index (χ0n) is 14.3. The lowest BCUT2D eigenvalue weighted by Crippen LogP contribution is -2.51. The minimum Gasteiger partial charge on any atom is -0.484 e. The number of nitrogens with zero attached hydrogens (tertiary/aromatic N) is 1. The number of likely N-dealkylation sites (N-methyl/N-ethyl adjacent to an activating group) is 1. The van der Waals surface area contributed by atoms with Crippen molar-refractivity contribution in [3.05, 3.63) is 29.8 Å². The lowest BCUT2D eigenvalue weighted by molar-refractivity contribution is -0.130. The van der Waals surface area contributed by atoms with Gasteiger partial charge < -0.3 is 15.0 Å². The molecule has 0 heterocycles. The molecule has 1 aromatic carbocycles. The van der Waals surface area contributed by atoms with E-state index in [-0.39, 0.29) is 12.5 Å². The summed E-state index contributed by atoms with van der Waals surface area (Å²) in [6.45, 7) is 0.973. The fourth-order valence-corrected chi connectivity index (χ4v) is 3.95. The first kappa shape index (κ1) is 16.3. The summed E-state index contributed by atoms with van der Waals surface area (Å²) in [6.07, 6.45) is 8.33. The summed E-state index contributed by atoms with van der Waals surface area (Å²) < 4.78 is 5.59. The Hall–Kier alpha value is -1.55. The quantitative estimate of drug-likeness (QED) is 0.877. The van der Waals surface area contributed by atoms with Gasteiger partial charge in [-0.1, -0.05) is 25.0 Å². The van der Waals surface area contributed by atoms with E-state index in [4.69, 9.17) is 4.74 Å². The third-order valence-electron chi connectivity index (χ3n) is 5.58. The van der Waals surface area contributed by atoms with Gasteiger partial charge in [0.05, 0.1) is 0 Å². The maximum atomic E-state index is 11.6. The van der Waals surface area contributed by atoms with Crippen molar-refractivity contribution in [1.29, 1.82) is 0 Å². The zero-order valence-corrected chi connectivity index (χ0v) is 14.3. The highest BCUT2D eigenvalue weighted by molar-refractivity contribution is 5.77. The van der Waals surface area contributed by atoms with Crippen LogP contribution in [-0.2, 0) is 11.3 Å². The van der Waals surface area contributed by atoms with E-state index >= 15 is 0 Å². The summed E-state index contributed by atoms with van der Waals surface area (Å²) in [5.41, 5.74) is 1.83. The molecule has 126 valence electrons. The second-order valence-corrected chi connectivity index (χ2v) is 7.27. The molecule has 1 aromatic rings. The van der Waals surface area contributed by atoms with Crippen LogP contribution in [-0.4, -0.2) is 37.6 Å². The van der Waals surface area contributed by atoms with Crippen LogP contribution < -0.4 is 10.1 Å². The number of amides is 1. The van der Waals surface area contributed by atoms with E-state index in [1.807, 2.05) is 18.2 Å². The second kappa shape index (κ2) is 6.91. The van der Waals surface area contributed by atoms with Gasteiger partial charge in [-0.05, 0) is 48.8 Å². The van der Waals surface area contributed by atoms with Crippen LogP contribution in [0.1, 0.15) is 44.1 Å². The molecular weight excluding hydrogens is 288 g/mol. The molecule has 3 rings (SSSR count). The molecule has 0 aromatic heterocycles. The van der Waals surface area contributed by atoms with Crippen molar-refractivity contribution in [2.45, 2.75) is 51.1 Å². The molecule has 0 unspecified atom stereocenters. The Balaban J connectivity index is 1.51. The molecular formula is C19H28N2O2. The number of benzene rings is 1. The second-order valence-electron chi connectivity index (χ2n) is 7.27. The first-order valence-electron chi connectivity index (χ1n) is 8.74. The molecule has 0 radical (unpaired) electrons. The SMILES string of the molecule is CN(C)C(=O)COc1cccc(CN[C@@H]2CCC23CCCC3)c1. The van der Waals surface area contributed by atoms with Crippen molar-refractivity contribution in [1.82, 2.24) is 10.2 Å². The van der Waals surface area contributed by atoms with Crippen LogP contribution >= 0.6 is 0 Å². The van der Waals surface area contributed by atoms with Gasteiger partial charge in [-0.25, -0.2) is 0 Å². The summed E-state index contributed by atoms with van der Waals surface area (Å²) in [5, 5.41) is 3.75. The van der Waals surface area contributed by atoms with Crippen LogP contribution in [0.2, 0.25) is 0 Å². The highest BCUT2D eigenvalue weighted by Gasteiger charge is 2.47. The van der Waals surface area contributed by atoms with Gasteiger partial charge in [0.1, 0.15) is 5.75 Å². The van der Waals surface area contributed by atoms with Gasteiger partial charge in [-0.3, -0.25) is 4.79 Å². The molecule has 0 saturated heterocycles. The average Bonchev–Trinajstić information content (AvgIpc) is 3.04. The average molecular weight is 316 g/mol. The van der Waals surface area contributed by atoms with Crippen molar-refractivity contribution < 1.29 is 9.53 Å². The largest absolute Gasteiger partial charge is 0.484 e. The van der Waals surface area contributed by atoms with Gasteiger partial charge in [-0.15, -0.1) is 0 Å². The van der Waals surface area contributed by atoms with Gasteiger partial charge in [-0.2, -0.15) is 0 Å². The summed E-state index contributed by atoms with van der Waals surface area (Å²) in [5.74, 6) is 0.745. The van der Waals surface area contributed by atoms with Crippen LogP contribution in [0.25, 0.3) is 0 Å². The number of hydrogen-bond donors (Lipinski definition) is 1. The van der Waals surface area contributed by atoms with Crippen LogP contribution in [0.3, 0.4) is 0 Å². The molecule has 2 fully saturated rings. The van der Waals surface area contributed by atoms with E-state index in [1.165, 1.54) is 44.1 Å². The lowest BCUT2D eigenvalue weighted by atomic mass is 9.63. The van der Waals surface area contributed by atoms with Crippen LogP contribution in [0.5, 0.6) is 5.75 Å². The molecule has 1 spiro atoms. The van der Waals surface area contributed by atoms with E-state index in [1.54, 1.807) is 19.0 Å². The Labute approximate surface area is 139 Å². The maximum absolute atomic E-state index is 11.6. The highest BCUT2D eigenvalue weighted by Crippen LogP contribution is 2.53. The lowest BCUT2D eigenvalue weighted by Gasteiger charge is -2.48.